The van der Waals surface area contributed by atoms with Crippen molar-refractivity contribution in [2.45, 2.75) is 64.5 Å². The van der Waals surface area contributed by atoms with Crippen LogP contribution in [0.3, 0.4) is 0 Å². The Morgan fingerprint density at radius 1 is 1.24 bits per heavy atom. The van der Waals surface area contributed by atoms with Gasteiger partial charge >= 0.3 is 0 Å². The number of methoxy groups -OCH3 is 1. The van der Waals surface area contributed by atoms with Gasteiger partial charge in [0.2, 0.25) is 5.91 Å². The molecule has 1 saturated carbocycles. The van der Waals surface area contributed by atoms with Crippen LogP contribution in [0.25, 0.3) is 0 Å². The van der Waals surface area contributed by atoms with Gasteiger partial charge in [-0.1, -0.05) is 31.7 Å². The van der Waals surface area contributed by atoms with Gasteiger partial charge in [0.15, 0.2) is 0 Å². The van der Waals surface area contributed by atoms with Gasteiger partial charge in [0, 0.05) is 19.5 Å². The van der Waals surface area contributed by atoms with Crippen LogP contribution in [0.4, 0.5) is 5.69 Å². The highest BCUT2D eigenvalue weighted by molar-refractivity contribution is 5.90. The number of ether oxygens (including phenoxy) is 2. The maximum Gasteiger partial charge on any atom is 0.221 e. The lowest BCUT2D eigenvalue weighted by Crippen LogP contribution is -2.25. The van der Waals surface area contributed by atoms with Crippen LogP contribution in [0.2, 0.25) is 0 Å². The smallest absolute Gasteiger partial charge is 0.221 e. The van der Waals surface area contributed by atoms with E-state index in [9.17, 15) is 4.79 Å². The molecule has 0 aromatic heterocycles. The second-order valence-electron chi connectivity index (χ2n) is 6.80. The number of carbonyl (C=O) groups is 1. The Labute approximate surface area is 151 Å². The molecule has 1 fully saturated rings. The van der Waals surface area contributed by atoms with Gasteiger partial charge in [-0.15, -0.1) is 0 Å². The standard InChI is InChI=1S/C20H32N2O3/c1-15(21-12-13-25-18-8-6-4-5-7-9-18)17-10-11-20(24-3)19(14-17)22-16(2)23/h10-11,14-15,18,21H,4-9,12-13H2,1-3H3,(H,22,23)/t15-/m1/s1. The van der Waals surface area contributed by atoms with E-state index in [-0.39, 0.29) is 11.9 Å². The number of carbonyl (C=O) groups excluding carboxylic acids is 1. The van der Waals surface area contributed by atoms with E-state index >= 15 is 0 Å². The molecule has 0 radical (unpaired) electrons. The molecule has 1 aliphatic rings. The Morgan fingerprint density at radius 3 is 2.60 bits per heavy atom. The Morgan fingerprint density at radius 2 is 1.96 bits per heavy atom. The summed E-state index contributed by atoms with van der Waals surface area (Å²) in [6, 6.07) is 6.05. The van der Waals surface area contributed by atoms with E-state index < -0.39 is 0 Å². The van der Waals surface area contributed by atoms with E-state index in [4.69, 9.17) is 9.47 Å². The van der Waals surface area contributed by atoms with Crippen LogP contribution >= 0.6 is 0 Å². The third-order valence-electron chi connectivity index (χ3n) is 4.74. The molecular weight excluding hydrogens is 316 g/mol. The molecule has 2 N–H and O–H groups in total. The fourth-order valence-corrected chi connectivity index (χ4v) is 3.31. The number of amides is 1. The van der Waals surface area contributed by atoms with Crippen molar-refractivity contribution in [2.24, 2.45) is 0 Å². The minimum absolute atomic E-state index is 0.104. The Balaban J connectivity index is 1.81. The summed E-state index contributed by atoms with van der Waals surface area (Å²) in [4.78, 5) is 11.3. The molecule has 25 heavy (non-hydrogen) atoms. The largest absolute Gasteiger partial charge is 0.495 e. The molecule has 1 amide bonds. The quantitative estimate of drug-likeness (QED) is 0.550. The van der Waals surface area contributed by atoms with E-state index in [0.29, 0.717) is 17.5 Å². The fraction of sp³-hybridized carbons (Fsp3) is 0.650. The average molecular weight is 348 g/mol. The van der Waals surface area contributed by atoms with E-state index in [1.807, 2.05) is 18.2 Å². The zero-order valence-corrected chi connectivity index (χ0v) is 15.8. The van der Waals surface area contributed by atoms with Gasteiger partial charge in [-0.3, -0.25) is 4.79 Å². The van der Waals surface area contributed by atoms with E-state index in [1.54, 1.807) is 7.11 Å². The van der Waals surface area contributed by atoms with Crippen LogP contribution in [0.15, 0.2) is 18.2 Å². The van der Waals surface area contributed by atoms with Crippen molar-refractivity contribution in [3.8, 4) is 5.75 Å². The van der Waals surface area contributed by atoms with Crippen molar-refractivity contribution in [1.82, 2.24) is 5.32 Å². The number of rotatable bonds is 8. The second-order valence-corrected chi connectivity index (χ2v) is 6.80. The Hall–Kier alpha value is -1.59. The molecule has 0 aliphatic heterocycles. The van der Waals surface area contributed by atoms with Crippen LogP contribution < -0.4 is 15.4 Å². The zero-order valence-electron chi connectivity index (χ0n) is 15.8. The third-order valence-corrected chi connectivity index (χ3v) is 4.74. The second kappa shape index (κ2) is 10.4. The maximum atomic E-state index is 11.3. The summed E-state index contributed by atoms with van der Waals surface area (Å²) in [6.07, 6.45) is 8.14. The summed E-state index contributed by atoms with van der Waals surface area (Å²) < 4.78 is 11.3. The number of anilines is 1. The summed E-state index contributed by atoms with van der Waals surface area (Å²) in [5, 5.41) is 6.31. The van der Waals surface area contributed by atoms with Crippen LogP contribution in [0, 0.1) is 0 Å². The first-order chi connectivity index (χ1) is 12.1. The van der Waals surface area contributed by atoms with Crippen molar-refractivity contribution < 1.29 is 14.3 Å². The highest BCUT2D eigenvalue weighted by atomic mass is 16.5. The number of benzene rings is 1. The average Bonchev–Trinajstić information content (AvgIpc) is 2.86. The Bertz CT molecular complexity index is 540. The molecule has 2 rings (SSSR count). The first-order valence-electron chi connectivity index (χ1n) is 9.40. The molecule has 1 aromatic carbocycles. The van der Waals surface area contributed by atoms with Gasteiger partial charge in [0.05, 0.1) is 25.5 Å². The van der Waals surface area contributed by atoms with Crippen LogP contribution in [0.1, 0.15) is 64.0 Å². The van der Waals surface area contributed by atoms with Crippen molar-refractivity contribution in [2.75, 3.05) is 25.6 Å². The molecule has 0 heterocycles. The van der Waals surface area contributed by atoms with Crippen molar-refractivity contribution >= 4 is 11.6 Å². The van der Waals surface area contributed by atoms with Crippen molar-refractivity contribution in [3.05, 3.63) is 23.8 Å². The van der Waals surface area contributed by atoms with Crippen LogP contribution in [-0.2, 0) is 9.53 Å². The topological polar surface area (TPSA) is 59.6 Å². The van der Waals surface area contributed by atoms with Gasteiger partial charge in [-0.05, 0) is 37.5 Å². The monoisotopic (exact) mass is 348 g/mol. The molecule has 5 heteroatoms. The number of hydrogen-bond acceptors (Lipinski definition) is 4. The normalized spacial score (nSPS) is 16.9. The van der Waals surface area contributed by atoms with Crippen LogP contribution in [-0.4, -0.2) is 32.3 Å². The molecule has 0 saturated heterocycles. The molecule has 0 unspecified atom stereocenters. The van der Waals surface area contributed by atoms with Crippen molar-refractivity contribution in [3.63, 3.8) is 0 Å². The highest BCUT2D eigenvalue weighted by Crippen LogP contribution is 2.28. The first kappa shape index (κ1) is 19.7. The molecule has 0 spiro atoms. The van der Waals surface area contributed by atoms with Gasteiger partial charge in [0.1, 0.15) is 5.75 Å². The summed E-state index contributed by atoms with van der Waals surface area (Å²) in [7, 11) is 1.60. The Kier molecular flexibility index (Phi) is 8.22. The molecule has 0 bridgehead atoms. The summed E-state index contributed by atoms with van der Waals surface area (Å²) >= 11 is 0. The first-order valence-corrected chi connectivity index (χ1v) is 9.40. The minimum Gasteiger partial charge on any atom is -0.495 e. The molecule has 5 nitrogen and oxygen atoms in total. The summed E-state index contributed by atoms with van der Waals surface area (Å²) in [6.45, 7) is 5.17. The van der Waals surface area contributed by atoms with Crippen LogP contribution in [0.5, 0.6) is 5.75 Å². The predicted octanol–water partition coefficient (Wildman–Crippen LogP) is 4.04. The maximum absolute atomic E-state index is 11.3. The number of hydrogen-bond donors (Lipinski definition) is 2. The van der Waals surface area contributed by atoms with Gasteiger partial charge < -0.3 is 20.1 Å². The summed E-state index contributed by atoms with van der Waals surface area (Å²) in [5.41, 5.74) is 1.81. The van der Waals surface area contributed by atoms with Crippen molar-refractivity contribution in [1.29, 1.82) is 0 Å². The third kappa shape index (κ3) is 6.67. The van der Waals surface area contributed by atoms with E-state index in [1.165, 1.54) is 45.4 Å². The van der Waals surface area contributed by atoms with Gasteiger partial charge in [-0.2, -0.15) is 0 Å². The molecule has 1 atom stereocenters. The van der Waals surface area contributed by atoms with E-state index in [0.717, 1.165) is 18.7 Å². The number of nitrogens with one attached hydrogen (secondary N) is 2. The van der Waals surface area contributed by atoms with Gasteiger partial charge in [-0.25, -0.2) is 0 Å². The summed E-state index contributed by atoms with van der Waals surface area (Å²) in [5.74, 6) is 0.565. The van der Waals surface area contributed by atoms with E-state index in [2.05, 4.69) is 17.6 Å². The van der Waals surface area contributed by atoms with Gasteiger partial charge in [0.25, 0.3) is 0 Å². The molecule has 140 valence electrons. The predicted molar refractivity (Wildman–Crippen MR) is 101 cm³/mol. The fourth-order valence-electron chi connectivity index (χ4n) is 3.31. The highest BCUT2D eigenvalue weighted by Gasteiger charge is 2.13. The SMILES string of the molecule is COc1ccc([C@@H](C)NCCOC2CCCCCC2)cc1NC(C)=O. The molecular formula is C20H32N2O3. The lowest BCUT2D eigenvalue weighted by molar-refractivity contribution is -0.114. The lowest BCUT2D eigenvalue weighted by Gasteiger charge is -2.19. The lowest BCUT2D eigenvalue weighted by atomic mass is 10.1. The molecule has 1 aromatic rings. The minimum atomic E-state index is -0.104. The molecule has 1 aliphatic carbocycles. The zero-order chi connectivity index (χ0) is 18.1.